The topological polar surface area (TPSA) is 73.6 Å². The summed E-state index contributed by atoms with van der Waals surface area (Å²) in [5, 5.41) is 2.77. The van der Waals surface area contributed by atoms with Gasteiger partial charge in [-0.25, -0.2) is 0 Å². The van der Waals surface area contributed by atoms with Crippen LogP contribution < -0.4 is 20.5 Å². The number of carbonyl (C=O) groups excluding carboxylic acids is 1. The molecule has 1 amide bonds. The van der Waals surface area contributed by atoms with E-state index >= 15 is 0 Å². The van der Waals surface area contributed by atoms with Crippen molar-refractivity contribution < 1.29 is 14.3 Å². The van der Waals surface area contributed by atoms with Crippen LogP contribution in [0.5, 0.6) is 11.5 Å². The molecule has 0 radical (unpaired) electrons. The minimum atomic E-state index is -0.661. The Hall–Kier alpha value is -2.69. The summed E-state index contributed by atoms with van der Waals surface area (Å²) < 4.78 is 10.9. The number of benzene rings is 2. The average molecular weight is 342 g/mol. The smallest absolute Gasteiger partial charge is 0.265 e. The van der Waals surface area contributed by atoms with Crippen molar-refractivity contribution >= 4 is 17.3 Å². The lowest BCUT2D eigenvalue weighted by atomic mass is 9.87. The highest BCUT2D eigenvalue weighted by Gasteiger charge is 2.17. The molecule has 2 aromatic carbocycles. The van der Waals surface area contributed by atoms with Crippen LogP contribution in [0.4, 0.5) is 11.4 Å². The van der Waals surface area contributed by atoms with Gasteiger partial charge in [0.25, 0.3) is 5.91 Å². The number of ether oxygens (including phenoxy) is 2. The molecule has 134 valence electrons. The van der Waals surface area contributed by atoms with Gasteiger partial charge in [0.1, 0.15) is 11.5 Å². The first-order chi connectivity index (χ1) is 11.7. The predicted octanol–water partition coefficient (Wildman–Crippen LogP) is 3.98. The molecular weight excluding hydrogens is 316 g/mol. The molecule has 0 aromatic heterocycles. The number of nitrogen functional groups attached to an aromatic ring is 1. The van der Waals surface area contributed by atoms with Gasteiger partial charge < -0.3 is 20.5 Å². The summed E-state index contributed by atoms with van der Waals surface area (Å²) in [6, 6.07) is 12.9. The number of carbonyl (C=O) groups is 1. The molecule has 3 N–H and O–H groups in total. The molecule has 0 spiro atoms. The van der Waals surface area contributed by atoms with Crippen LogP contribution in [0.2, 0.25) is 0 Å². The van der Waals surface area contributed by atoms with Crippen molar-refractivity contribution in [2.75, 3.05) is 18.2 Å². The first-order valence-corrected chi connectivity index (χ1v) is 8.22. The number of nitrogens with one attached hydrogen (secondary N) is 1. The Morgan fingerprint density at radius 3 is 2.24 bits per heavy atom. The highest BCUT2D eigenvalue weighted by atomic mass is 16.5. The normalized spacial score (nSPS) is 12.4. The Morgan fingerprint density at radius 2 is 1.68 bits per heavy atom. The summed E-state index contributed by atoms with van der Waals surface area (Å²) in [5.74, 6) is 0.991. The summed E-state index contributed by atoms with van der Waals surface area (Å²) in [7, 11) is 1.56. The minimum Gasteiger partial charge on any atom is -0.497 e. The van der Waals surface area contributed by atoms with Crippen molar-refractivity contribution in [3.63, 3.8) is 0 Å². The van der Waals surface area contributed by atoms with E-state index in [2.05, 4.69) is 26.1 Å². The van der Waals surface area contributed by atoms with E-state index in [1.165, 1.54) is 5.56 Å². The van der Waals surface area contributed by atoms with E-state index in [9.17, 15) is 4.79 Å². The lowest BCUT2D eigenvalue weighted by molar-refractivity contribution is -0.122. The van der Waals surface area contributed by atoms with E-state index in [1.54, 1.807) is 32.2 Å². The summed E-state index contributed by atoms with van der Waals surface area (Å²) in [6.07, 6.45) is -0.661. The fourth-order valence-corrected chi connectivity index (χ4v) is 2.30. The molecule has 0 saturated carbocycles. The number of anilines is 2. The Kier molecular flexibility index (Phi) is 5.57. The third kappa shape index (κ3) is 4.89. The third-order valence-corrected chi connectivity index (χ3v) is 3.92. The van der Waals surface area contributed by atoms with Crippen molar-refractivity contribution in [3.8, 4) is 11.5 Å². The van der Waals surface area contributed by atoms with Gasteiger partial charge in [-0.15, -0.1) is 0 Å². The molecule has 5 heteroatoms. The van der Waals surface area contributed by atoms with E-state index in [-0.39, 0.29) is 11.3 Å². The number of rotatable bonds is 5. The Morgan fingerprint density at radius 1 is 1.08 bits per heavy atom. The number of amides is 1. The number of nitrogens with two attached hydrogens (primary N) is 1. The zero-order valence-corrected chi connectivity index (χ0v) is 15.4. The number of hydrogen-bond acceptors (Lipinski definition) is 4. The second-order valence-corrected chi connectivity index (χ2v) is 6.98. The van der Waals surface area contributed by atoms with Crippen molar-refractivity contribution in [2.24, 2.45) is 0 Å². The van der Waals surface area contributed by atoms with Crippen LogP contribution >= 0.6 is 0 Å². The number of methoxy groups -OCH3 is 1. The summed E-state index contributed by atoms with van der Waals surface area (Å²) in [5.41, 5.74) is 8.15. The van der Waals surface area contributed by atoms with Crippen molar-refractivity contribution in [1.29, 1.82) is 0 Å². The molecule has 0 heterocycles. The molecule has 0 aliphatic heterocycles. The average Bonchev–Trinajstić information content (AvgIpc) is 2.56. The van der Waals surface area contributed by atoms with Gasteiger partial charge in [0.15, 0.2) is 6.10 Å². The fraction of sp³-hybridized carbons (Fsp3) is 0.350. The fourth-order valence-electron chi connectivity index (χ4n) is 2.30. The Bertz CT molecular complexity index is 734. The molecule has 0 aliphatic carbocycles. The standard InChI is InChI=1S/C20H26N2O3/c1-13(25-15-8-6-14(7-9-15)20(2,3)4)19(23)22-18-12-16(24-5)10-11-17(18)21/h6-13H,21H2,1-5H3,(H,22,23). The molecule has 0 saturated heterocycles. The van der Waals surface area contributed by atoms with E-state index in [0.29, 0.717) is 22.9 Å². The molecular formula is C20H26N2O3. The van der Waals surface area contributed by atoms with Crippen LogP contribution in [-0.4, -0.2) is 19.1 Å². The van der Waals surface area contributed by atoms with Crippen LogP contribution in [0, 0.1) is 0 Å². The summed E-state index contributed by atoms with van der Waals surface area (Å²) in [6.45, 7) is 8.15. The van der Waals surface area contributed by atoms with E-state index in [1.807, 2.05) is 24.3 Å². The minimum absolute atomic E-state index is 0.0748. The monoisotopic (exact) mass is 342 g/mol. The first-order valence-electron chi connectivity index (χ1n) is 8.22. The highest BCUT2D eigenvalue weighted by molar-refractivity contribution is 5.96. The van der Waals surface area contributed by atoms with Crippen LogP contribution in [0.3, 0.4) is 0 Å². The molecule has 1 atom stereocenters. The zero-order chi connectivity index (χ0) is 18.6. The van der Waals surface area contributed by atoms with E-state index < -0.39 is 6.10 Å². The second-order valence-electron chi connectivity index (χ2n) is 6.98. The predicted molar refractivity (Wildman–Crippen MR) is 101 cm³/mol. The molecule has 25 heavy (non-hydrogen) atoms. The summed E-state index contributed by atoms with van der Waals surface area (Å²) in [4.78, 5) is 12.4. The largest absolute Gasteiger partial charge is 0.497 e. The van der Waals surface area contributed by atoms with Gasteiger partial charge in [-0.1, -0.05) is 32.9 Å². The molecule has 1 unspecified atom stereocenters. The Labute approximate surface area is 149 Å². The molecule has 5 nitrogen and oxygen atoms in total. The highest BCUT2D eigenvalue weighted by Crippen LogP contribution is 2.26. The lowest BCUT2D eigenvalue weighted by Gasteiger charge is -2.20. The third-order valence-electron chi connectivity index (χ3n) is 3.92. The van der Waals surface area contributed by atoms with Gasteiger partial charge in [-0.2, -0.15) is 0 Å². The van der Waals surface area contributed by atoms with Crippen molar-refractivity contribution in [1.82, 2.24) is 0 Å². The van der Waals surface area contributed by atoms with Gasteiger partial charge in [0, 0.05) is 6.07 Å². The quantitative estimate of drug-likeness (QED) is 0.806. The summed E-state index contributed by atoms with van der Waals surface area (Å²) >= 11 is 0. The van der Waals surface area contributed by atoms with Gasteiger partial charge >= 0.3 is 0 Å². The van der Waals surface area contributed by atoms with Crippen LogP contribution in [-0.2, 0) is 10.2 Å². The van der Waals surface area contributed by atoms with Crippen LogP contribution in [0.1, 0.15) is 33.3 Å². The molecule has 0 bridgehead atoms. The van der Waals surface area contributed by atoms with Gasteiger partial charge in [-0.3, -0.25) is 4.79 Å². The molecule has 2 aromatic rings. The second kappa shape index (κ2) is 7.47. The maximum Gasteiger partial charge on any atom is 0.265 e. The van der Waals surface area contributed by atoms with Gasteiger partial charge in [0.2, 0.25) is 0 Å². The van der Waals surface area contributed by atoms with Crippen molar-refractivity contribution in [2.45, 2.75) is 39.2 Å². The lowest BCUT2D eigenvalue weighted by Crippen LogP contribution is -2.30. The SMILES string of the molecule is COc1ccc(N)c(NC(=O)C(C)Oc2ccc(C(C)(C)C)cc2)c1. The van der Waals surface area contributed by atoms with E-state index in [0.717, 1.165) is 0 Å². The Balaban J connectivity index is 2.03. The molecule has 0 aliphatic rings. The van der Waals surface area contributed by atoms with E-state index in [4.69, 9.17) is 15.2 Å². The van der Waals surface area contributed by atoms with Crippen LogP contribution in [0.25, 0.3) is 0 Å². The van der Waals surface area contributed by atoms with Crippen LogP contribution in [0.15, 0.2) is 42.5 Å². The molecule has 0 fully saturated rings. The molecule has 2 rings (SSSR count). The number of hydrogen-bond donors (Lipinski definition) is 2. The first kappa shape index (κ1) is 18.6. The van der Waals surface area contributed by atoms with Crippen molar-refractivity contribution in [3.05, 3.63) is 48.0 Å². The zero-order valence-electron chi connectivity index (χ0n) is 15.4. The van der Waals surface area contributed by atoms with Gasteiger partial charge in [-0.05, 0) is 42.2 Å². The maximum absolute atomic E-state index is 12.4. The maximum atomic E-state index is 12.4. The van der Waals surface area contributed by atoms with Gasteiger partial charge in [0.05, 0.1) is 18.5 Å².